The molecule has 17 heavy (non-hydrogen) atoms. The van der Waals surface area contributed by atoms with E-state index in [0.717, 1.165) is 25.5 Å². The summed E-state index contributed by atoms with van der Waals surface area (Å²) in [6.07, 6.45) is 5.19. The van der Waals surface area contributed by atoms with Crippen LogP contribution in [-0.2, 0) is 11.3 Å². The molecule has 0 bridgehead atoms. The second-order valence-electron chi connectivity index (χ2n) is 5.29. The Hall–Kier alpha value is -1.32. The maximum Gasteiger partial charge on any atom is 0.367 e. The van der Waals surface area contributed by atoms with E-state index in [1.54, 1.807) is 0 Å². The highest BCUT2D eigenvalue weighted by atomic mass is 16.2. The van der Waals surface area contributed by atoms with E-state index >= 15 is 0 Å². The van der Waals surface area contributed by atoms with Gasteiger partial charge in [0, 0.05) is 12.3 Å². The first-order chi connectivity index (χ1) is 8.02. The van der Waals surface area contributed by atoms with E-state index in [-0.39, 0.29) is 11.8 Å². The Balaban J connectivity index is 2.42. The molecule has 1 aliphatic heterocycles. The van der Waals surface area contributed by atoms with Crippen LogP contribution in [0.15, 0.2) is 12.4 Å². The van der Waals surface area contributed by atoms with Crippen LogP contribution >= 0.6 is 0 Å². The van der Waals surface area contributed by atoms with Crippen LogP contribution < -0.4 is 9.47 Å². The monoisotopic (exact) mass is 236 g/mol. The quantitative estimate of drug-likeness (QED) is 0.719. The van der Waals surface area contributed by atoms with Crippen LogP contribution in [0.25, 0.3) is 0 Å². The van der Waals surface area contributed by atoms with Gasteiger partial charge in [0.2, 0.25) is 0 Å². The summed E-state index contributed by atoms with van der Waals surface area (Å²) >= 11 is 0. The molecule has 0 unspecified atom stereocenters. The average molecular weight is 236 g/mol. The third kappa shape index (κ3) is 2.08. The zero-order valence-electron chi connectivity index (χ0n) is 11.2. The smallest absolute Gasteiger partial charge is 0.256 e. The van der Waals surface area contributed by atoms with E-state index in [1.165, 1.54) is 0 Å². The molecule has 1 aliphatic rings. The van der Waals surface area contributed by atoms with Crippen LogP contribution in [0.5, 0.6) is 0 Å². The summed E-state index contributed by atoms with van der Waals surface area (Å²) in [7, 11) is 0. The summed E-state index contributed by atoms with van der Waals surface area (Å²) in [4.78, 5) is 14.2. The SMILES string of the molecule is CC(C)C(=O)N1CCCn2cc[n+](C(C)C)c21. The van der Waals surface area contributed by atoms with Crippen LogP contribution in [0.4, 0.5) is 5.95 Å². The first-order valence-electron chi connectivity index (χ1n) is 6.44. The fourth-order valence-corrected chi connectivity index (χ4v) is 2.33. The Labute approximate surface area is 103 Å². The highest BCUT2D eigenvalue weighted by molar-refractivity contribution is 5.92. The van der Waals surface area contributed by atoms with Crippen molar-refractivity contribution in [2.75, 3.05) is 11.4 Å². The zero-order chi connectivity index (χ0) is 12.6. The van der Waals surface area contributed by atoms with Crippen LogP contribution in [0.3, 0.4) is 0 Å². The van der Waals surface area contributed by atoms with E-state index in [2.05, 4.69) is 35.4 Å². The lowest BCUT2D eigenvalue weighted by molar-refractivity contribution is -0.703. The molecule has 0 N–H and O–H groups in total. The minimum absolute atomic E-state index is 0.0528. The molecular weight excluding hydrogens is 214 g/mol. The van der Waals surface area contributed by atoms with Crippen molar-refractivity contribution in [1.29, 1.82) is 0 Å². The number of anilines is 1. The normalized spacial score (nSPS) is 15.5. The van der Waals surface area contributed by atoms with Crippen LogP contribution in [0, 0.1) is 5.92 Å². The van der Waals surface area contributed by atoms with E-state index in [9.17, 15) is 4.79 Å². The van der Waals surface area contributed by atoms with Gasteiger partial charge in [-0.2, -0.15) is 4.90 Å². The van der Waals surface area contributed by atoms with Gasteiger partial charge in [0.15, 0.2) is 0 Å². The molecule has 1 aromatic rings. The fourth-order valence-electron chi connectivity index (χ4n) is 2.33. The Morgan fingerprint density at radius 3 is 2.59 bits per heavy atom. The number of imidazole rings is 1. The number of aryl methyl sites for hydroxylation is 1. The molecule has 94 valence electrons. The molecule has 0 radical (unpaired) electrons. The van der Waals surface area contributed by atoms with Gasteiger partial charge in [0.1, 0.15) is 0 Å². The number of carbonyl (C=O) groups excluding carboxylic acids is 1. The molecule has 0 fully saturated rings. The van der Waals surface area contributed by atoms with Crippen molar-refractivity contribution in [2.45, 2.75) is 46.7 Å². The number of fused-ring (bicyclic) bond motifs is 1. The van der Waals surface area contributed by atoms with Crippen molar-refractivity contribution in [3.63, 3.8) is 0 Å². The third-order valence-corrected chi connectivity index (χ3v) is 3.23. The van der Waals surface area contributed by atoms with Gasteiger partial charge in [-0.05, 0) is 13.8 Å². The van der Waals surface area contributed by atoms with Gasteiger partial charge in [-0.15, -0.1) is 0 Å². The Morgan fingerprint density at radius 2 is 2.00 bits per heavy atom. The predicted octanol–water partition coefficient (Wildman–Crippen LogP) is 1.75. The second kappa shape index (κ2) is 4.51. The number of carbonyl (C=O) groups is 1. The largest absolute Gasteiger partial charge is 0.367 e. The molecule has 0 aliphatic carbocycles. The minimum atomic E-state index is 0.0528. The maximum atomic E-state index is 12.2. The topological polar surface area (TPSA) is 29.1 Å². The molecule has 4 nitrogen and oxygen atoms in total. The molecule has 1 amide bonds. The molecule has 0 spiro atoms. The number of rotatable bonds is 2. The van der Waals surface area contributed by atoms with Gasteiger partial charge in [-0.25, -0.2) is 9.13 Å². The molecular formula is C13H22N3O+. The van der Waals surface area contributed by atoms with E-state index in [1.807, 2.05) is 18.7 Å². The Morgan fingerprint density at radius 1 is 1.29 bits per heavy atom. The van der Waals surface area contributed by atoms with E-state index in [0.29, 0.717) is 6.04 Å². The maximum absolute atomic E-state index is 12.2. The van der Waals surface area contributed by atoms with Crippen LogP contribution in [-0.4, -0.2) is 17.0 Å². The van der Waals surface area contributed by atoms with Crippen molar-refractivity contribution >= 4 is 11.9 Å². The molecule has 2 heterocycles. The standard InChI is InChI=1S/C13H22N3O/c1-10(2)12(17)16-7-5-6-14-8-9-15(11(3)4)13(14)16/h8-11H,5-7H2,1-4H3/q+1. The number of hydrogen-bond acceptors (Lipinski definition) is 1. The summed E-state index contributed by atoms with van der Waals surface area (Å²) in [5, 5.41) is 0. The van der Waals surface area contributed by atoms with Crippen molar-refractivity contribution in [1.82, 2.24) is 4.57 Å². The van der Waals surface area contributed by atoms with Crippen molar-refractivity contribution in [2.24, 2.45) is 5.92 Å². The van der Waals surface area contributed by atoms with Gasteiger partial charge in [0.25, 0.3) is 5.91 Å². The van der Waals surface area contributed by atoms with Gasteiger partial charge in [-0.3, -0.25) is 4.79 Å². The van der Waals surface area contributed by atoms with E-state index in [4.69, 9.17) is 0 Å². The molecule has 2 rings (SSSR count). The lowest BCUT2D eigenvalue weighted by Crippen LogP contribution is -2.49. The van der Waals surface area contributed by atoms with Crippen LogP contribution in [0.2, 0.25) is 0 Å². The summed E-state index contributed by atoms with van der Waals surface area (Å²) in [6.45, 7) is 10.1. The molecule has 0 aromatic carbocycles. The highest BCUT2D eigenvalue weighted by Crippen LogP contribution is 2.20. The van der Waals surface area contributed by atoms with Gasteiger partial charge >= 0.3 is 5.95 Å². The highest BCUT2D eigenvalue weighted by Gasteiger charge is 2.35. The summed E-state index contributed by atoms with van der Waals surface area (Å²) in [5.74, 6) is 1.32. The average Bonchev–Trinajstić information content (AvgIpc) is 2.71. The molecule has 1 aromatic heterocycles. The lowest BCUT2D eigenvalue weighted by Gasteiger charge is -2.24. The molecule has 4 heteroatoms. The Kier molecular flexibility index (Phi) is 3.22. The van der Waals surface area contributed by atoms with Gasteiger partial charge in [-0.1, -0.05) is 13.8 Å². The lowest BCUT2D eigenvalue weighted by atomic mass is 10.2. The molecule has 0 saturated carbocycles. The summed E-state index contributed by atoms with van der Waals surface area (Å²) in [5.41, 5.74) is 0. The fraction of sp³-hybridized carbons (Fsp3) is 0.692. The van der Waals surface area contributed by atoms with E-state index < -0.39 is 0 Å². The number of amides is 1. The third-order valence-electron chi connectivity index (χ3n) is 3.23. The zero-order valence-corrected chi connectivity index (χ0v) is 11.2. The second-order valence-corrected chi connectivity index (χ2v) is 5.29. The van der Waals surface area contributed by atoms with Gasteiger partial charge < -0.3 is 0 Å². The summed E-state index contributed by atoms with van der Waals surface area (Å²) < 4.78 is 4.36. The van der Waals surface area contributed by atoms with Crippen LogP contribution in [0.1, 0.15) is 40.2 Å². The minimum Gasteiger partial charge on any atom is -0.256 e. The molecule has 0 saturated heterocycles. The first-order valence-corrected chi connectivity index (χ1v) is 6.44. The van der Waals surface area contributed by atoms with Crippen molar-refractivity contribution in [3.05, 3.63) is 12.4 Å². The number of hydrogen-bond donors (Lipinski definition) is 0. The molecule has 0 atom stereocenters. The first kappa shape index (κ1) is 12.1. The van der Waals surface area contributed by atoms with Crippen molar-refractivity contribution < 1.29 is 9.36 Å². The Bertz CT molecular complexity index is 420. The number of nitrogens with zero attached hydrogens (tertiary/aromatic N) is 3. The van der Waals surface area contributed by atoms with Crippen molar-refractivity contribution in [3.8, 4) is 0 Å². The predicted molar refractivity (Wildman–Crippen MR) is 66.8 cm³/mol. The number of aromatic nitrogens is 2. The summed E-state index contributed by atoms with van der Waals surface area (Å²) in [6, 6.07) is 0.381. The van der Waals surface area contributed by atoms with Gasteiger partial charge in [0.05, 0.1) is 31.5 Å².